The summed E-state index contributed by atoms with van der Waals surface area (Å²) in [6, 6.07) is 8.22. The Balaban J connectivity index is 2.16. The summed E-state index contributed by atoms with van der Waals surface area (Å²) in [5.41, 5.74) is 6.27. The fourth-order valence-electron chi connectivity index (χ4n) is 2.00. The number of amides is 2. The first-order chi connectivity index (χ1) is 11.4. The van der Waals surface area contributed by atoms with Crippen LogP contribution in [0.15, 0.2) is 30.3 Å². The minimum atomic E-state index is -1.09. The summed E-state index contributed by atoms with van der Waals surface area (Å²) in [6.45, 7) is 1.82. The number of aliphatic carboxylic acids is 1. The molecular weight excluding hydrogens is 314 g/mol. The van der Waals surface area contributed by atoms with E-state index >= 15 is 0 Å². The molecular formula is C16H23N3O5. The number of carboxylic acid groups (broad SMARTS) is 1. The summed E-state index contributed by atoms with van der Waals surface area (Å²) in [5, 5.41) is 13.6. The molecule has 0 radical (unpaired) electrons. The summed E-state index contributed by atoms with van der Waals surface area (Å²) in [6.07, 6.45) is -0.308. The third-order valence-electron chi connectivity index (χ3n) is 3.24. The number of carbonyl (C=O) groups excluding carboxylic acids is 2. The Morgan fingerprint density at radius 2 is 1.88 bits per heavy atom. The molecule has 2 atom stereocenters. The molecule has 0 saturated carbocycles. The van der Waals surface area contributed by atoms with Gasteiger partial charge in [0.15, 0.2) is 0 Å². The van der Waals surface area contributed by atoms with Crippen LogP contribution in [0.2, 0.25) is 0 Å². The van der Waals surface area contributed by atoms with Crippen LogP contribution >= 0.6 is 0 Å². The maximum atomic E-state index is 11.7. The molecule has 1 aromatic carbocycles. The highest BCUT2D eigenvalue weighted by Gasteiger charge is 2.17. The van der Waals surface area contributed by atoms with Crippen molar-refractivity contribution in [3.05, 3.63) is 35.9 Å². The minimum absolute atomic E-state index is 0.0653. The van der Waals surface area contributed by atoms with Crippen LogP contribution in [0.25, 0.3) is 0 Å². The van der Waals surface area contributed by atoms with Gasteiger partial charge >= 0.3 is 12.1 Å². The lowest BCUT2D eigenvalue weighted by Gasteiger charge is -2.14. The predicted octanol–water partition coefficient (Wildman–Crippen LogP) is 0.815. The van der Waals surface area contributed by atoms with Crippen LogP contribution in [0, 0.1) is 5.92 Å². The normalized spacial score (nSPS) is 12.8. The van der Waals surface area contributed by atoms with Gasteiger partial charge in [0, 0.05) is 6.42 Å². The van der Waals surface area contributed by atoms with E-state index in [4.69, 9.17) is 15.6 Å². The smallest absolute Gasteiger partial charge is 0.408 e. The quantitative estimate of drug-likeness (QED) is 0.493. The zero-order chi connectivity index (χ0) is 17.9. The van der Waals surface area contributed by atoms with Crippen molar-refractivity contribution in [1.82, 2.24) is 10.6 Å². The molecule has 8 nitrogen and oxygen atoms in total. The summed E-state index contributed by atoms with van der Waals surface area (Å²) in [7, 11) is 0. The minimum Gasteiger partial charge on any atom is -0.480 e. The first-order valence-electron chi connectivity index (χ1n) is 7.58. The number of hydrogen-bond donors (Lipinski definition) is 4. The molecule has 0 spiro atoms. The number of rotatable bonds is 9. The summed E-state index contributed by atoms with van der Waals surface area (Å²) in [5.74, 6) is -1.57. The van der Waals surface area contributed by atoms with Gasteiger partial charge in [-0.1, -0.05) is 37.3 Å². The highest BCUT2D eigenvalue weighted by Crippen LogP contribution is 2.09. The van der Waals surface area contributed by atoms with E-state index < -0.39 is 18.1 Å². The van der Waals surface area contributed by atoms with Crippen molar-refractivity contribution in [3.63, 3.8) is 0 Å². The number of benzene rings is 1. The van der Waals surface area contributed by atoms with Crippen LogP contribution in [0.3, 0.4) is 0 Å². The van der Waals surface area contributed by atoms with Crippen molar-refractivity contribution in [3.8, 4) is 0 Å². The van der Waals surface area contributed by atoms with E-state index in [0.29, 0.717) is 0 Å². The fraction of sp³-hybridized carbons (Fsp3) is 0.438. The third kappa shape index (κ3) is 8.14. The Morgan fingerprint density at radius 1 is 1.21 bits per heavy atom. The molecule has 1 rings (SSSR count). The molecule has 0 aliphatic carbocycles. The van der Waals surface area contributed by atoms with Gasteiger partial charge in [0.25, 0.3) is 0 Å². The topological polar surface area (TPSA) is 131 Å². The monoisotopic (exact) mass is 337 g/mol. The van der Waals surface area contributed by atoms with Gasteiger partial charge in [-0.2, -0.15) is 0 Å². The van der Waals surface area contributed by atoms with Crippen molar-refractivity contribution < 1.29 is 24.2 Å². The number of nitrogens with two attached hydrogens (primary N) is 1. The van der Waals surface area contributed by atoms with Gasteiger partial charge < -0.3 is 26.2 Å². The SMILES string of the molecule is CC(CC(=O)NCNC(=O)OCc1ccccc1)C[C@H](N)C(=O)O. The largest absolute Gasteiger partial charge is 0.480 e. The molecule has 0 aromatic heterocycles. The lowest BCUT2D eigenvalue weighted by Crippen LogP contribution is -2.38. The number of carboxylic acids is 1. The van der Waals surface area contributed by atoms with Crippen LogP contribution in [0.1, 0.15) is 25.3 Å². The lowest BCUT2D eigenvalue weighted by molar-refractivity contribution is -0.139. The van der Waals surface area contributed by atoms with E-state index in [9.17, 15) is 14.4 Å². The van der Waals surface area contributed by atoms with Crippen molar-refractivity contribution in [2.75, 3.05) is 6.67 Å². The van der Waals surface area contributed by atoms with Gasteiger partial charge in [0.1, 0.15) is 12.6 Å². The van der Waals surface area contributed by atoms with E-state index in [-0.39, 0.29) is 37.9 Å². The van der Waals surface area contributed by atoms with E-state index in [1.54, 1.807) is 6.92 Å². The molecule has 5 N–H and O–H groups in total. The molecule has 24 heavy (non-hydrogen) atoms. The summed E-state index contributed by atoms with van der Waals surface area (Å²) >= 11 is 0. The van der Waals surface area contributed by atoms with Crippen LogP contribution in [0.4, 0.5) is 4.79 Å². The van der Waals surface area contributed by atoms with Crippen molar-refractivity contribution in [2.45, 2.75) is 32.4 Å². The highest BCUT2D eigenvalue weighted by molar-refractivity contribution is 5.77. The predicted molar refractivity (Wildman–Crippen MR) is 86.8 cm³/mol. The lowest BCUT2D eigenvalue weighted by atomic mass is 9.99. The molecule has 0 saturated heterocycles. The van der Waals surface area contributed by atoms with Gasteiger partial charge in [-0.05, 0) is 17.9 Å². The second kappa shape index (κ2) is 10.2. The Bertz CT molecular complexity index is 550. The zero-order valence-electron chi connectivity index (χ0n) is 13.5. The molecule has 2 amide bonds. The number of alkyl carbamates (subject to hydrolysis) is 1. The number of nitrogens with one attached hydrogen (secondary N) is 2. The maximum absolute atomic E-state index is 11.7. The van der Waals surface area contributed by atoms with Crippen LogP contribution < -0.4 is 16.4 Å². The Morgan fingerprint density at radius 3 is 2.50 bits per heavy atom. The average molecular weight is 337 g/mol. The molecule has 0 aliphatic heterocycles. The number of hydrogen-bond acceptors (Lipinski definition) is 5. The summed E-state index contributed by atoms with van der Waals surface area (Å²) < 4.78 is 4.99. The van der Waals surface area contributed by atoms with Crippen molar-refractivity contribution in [1.29, 1.82) is 0 Å². The van der Waals surface area contributed by atoms with Gasteiger partial charge in [0.05, 0.1) is 6.67 Å². The standard InChI is InChI=1S/C16H23N3O5/c1-11(7-13(17)15(21)22)8-14(20)18-10-19-16(23)24-9-12-5-3-2-4-6-12/h2-6,11,13H,7-10,17H2,1H3,(H,18,20)(H,19,23)(H,21,22)/t11?,13-/m0/s1. The molecule has 1 unspecified atom stereocenters. The second-order valence-electron chi connectivity index (χ2n) is 5.50. The van der Waals surface area contributed by atoms with Gasteiger partial charge in [-0.3, -0.25) is 9.59 Å². The van der Waals surface area contributed by atoms with Crippen LogP contribution in [0.5, 0.6) is 0 Å². The first kappa shape index (κ1) is 19.4. The molecule has 132 valence electrons. The molecule has 0 heterocycles. The van der Waals surface area contributed by atoms with Gasteiger partial charge in [-0.25, -0.2) is 4.79 Å². The maximum Gasteiger partial charge on any atom is 0.408 e. The highest BCUT2D eigenvalue weighted by atomic mass is 16.5. The van der Waals surface area contributed by atoms with E-state index in [0.717, 1.165) is 5.56 Å². The molecule has 1 aromatic rings. The van der Waals surface area contributed by atoms with Gasteiger partial charge in [0.2, 0.25) is 5.91 Å². The summed E-state index contributed by atoms with van der Waals surface area (Å²) in [4.78, 5) is 33.8. The van der Waals surface area contributed by atoms with Crippen molar-refractivity contribution in [2.24, 2.45) is 11.7 Å². The average Bonchev–Trinajstić information content (AvgIpc) is 2.53. The zero-order valence-corrected chi connectivity index (χ0v) is 13.5. The van der Waals surface area contributed by atoms with Crippen LogP contribution in [-0.2, 0) is 20.9 Å². The Labute approximate surface area is 140 Å². The number of carbonyl (C=O) groups is 3. The molecule has 0 fully saturated rings. The van der Waals surface area contributed by atoms with Crippen LogP contribution in [-0.4, -0.2) is 35.8 Å². The number of ether oxygens (including phenoxy) is 1. The first-order valence-corrected chi connectivity index (χ1v) is 7.58. The third-order valence-corrected chi connectivity index (χ3v) is 3.24. The molecule has 0 aliphatic rings. The van der Waals surface area contributed by atoms with E-state index in [2.05, 4.69) is 10.6 Å². The van der Waals surface area contributed by atoms with E-state index in [1.807, 2.05) is 30.3 Å². The second-order valence-corrected chi connectivity index (χ2v) is 5.50. The molecule has 0 bridgehead atoms. The van der Waals surface area contributed by atoms with Gasteiger partial charge in [-0.15, -0.1) is 0 Å². The Hall–Kier alpha value is -2.61. The van der Waals surface area contributed by atoms with Crippen molar-refractivity contribution >= 4 is 18.0 Å². The fourth-order valence-corrected chi connectivity index (χ4v) is 2.00. The Kier molecular flexibility index (Phi) is 8.28. The van der Waals surface area contributed by atoms with E-state index in [1.165, 1.54) is 0 Å². The molecule has 8 heteroatoms.